The van der Waals surface area contributed by atoms with Crippen molar-refractivity contribution < 1.29 is 56.1 Å². The number of benzene rings is 2. The number of hydrogen-bond acceptors (Lipinski definition) is 2. The van der Waals surface area contributed by atoms with Crippen molar-refractivity contribution in [3.8, 4) is 0 Å². The van der Waals surface area contributed by atoms with Crippen LogP contribution in [0.15, 0.2) is 85.0 Å². The Morgan fingerprint density at radius 3 is 1.59 bits per heavy atom. The van der Waals surface area contributed by atoms with Crippen LogP contribution in [-0.2, 0) is 21.7 Å². The third kappa shape index (κ3) is 6.26. The van der Waals surface area contributed by atoms with E-state index in [1.54, 1.807) is 24.3 Å². The first-order valence-electron chi connectivity index (χ1n) is 9.23. The van der Waals surface area contributed by atoms with Crippen LogP contribution in [0.5, 0.6) is 0 Å². The molecule has 0 radical (unpaired) electrons. The molecular weight excluding hydrogens is 439 g/mol. The predicted octanol–water partition coefficient (Wildman–Crippen LogP) is -0.323. The molecule has 2 aromatic rings. The standard InChI is InChI=1S/C24H24O2.2ClH.Ti/c1-2-3-16-24(17-10-11-18-24)21(22(25)19-12-6-4-7-13-19)23(26)20-14-8-5-9-15-20;;;/h4-15,17-18,21H,2-3,16H2,1H3;2*1H;/q;;;+2/p-2. The van der Waals surface area contributed by atoms with Gasteiger partial charge >= 0.3 is 21.7 Å². The van der Waals surface area contributed by atoms with E-state index in [0.717, 1.165) is 19.3 Å². The topological polar surface area (TPSA) is 34.1 Å². The van der Waals surface area contributed by atoms with Gasteiger partial charge in [0.15, 0.2) is 11.6 Å². The van der Waals surface area contributed by atoms with Crippen LogP contribution >= 0.6 is 0 Å². The van der Waals surface area contributed by atoms with Crippen molar-refractivity contribution in [1.29, 1.82) is 0 Å². The Hall–Kier alpha value is -1.45. The largest absolute Gasteiger partial charge is 2.00 e. The predicted molar refractivity (Wildman–Crippen MR) is 105 cm³/mol. The molecule has 150 valence electrons. The van der Waals surface area contributed by atoms with Crippen molar-refractivity contribution in [2.75, 3.05) is 0 Å². The van der Waals surface area contributed by atoms with E-state index in [0.29, 0.717) is 11.1 Å². The van der Waals surface area contributed by atoms with Gasteiger partial charge in [0.05, 0.1) is 5.92 Å². The Morgan fingerprint density at radius 1 is 0.793 bits per heavy atom. The number of rotatable bonds is 8. The first-order valence-corrected chi connectivity index (χ1v) is 9.23. The molecule has 1 aliphatic carbocycles. The zero-order valence-electron chi connectivity index (χ0n) is 16.4. The van der Waals surface area contributed by atoms with E-state index in [2.05, 4.69) is 6.92 Å². The van der Waals surface area contributed by atoms with Crippen molar-refractivity contribution in [2.45, 2.75) is 26.2 Å². The maximum Gasteiger partial charge on any atom is 2.00 e. The number of allylic oxidation sites excluding steroid dienone is 4. The fourth-order valence-corrected chi connectivity index (χ4v) is 3.66. The van der Waals surface area contributed by atoms with Gasteiger partial charge in [0.1, 0.15) is 0 Å². The Morgan fingerprint density at radius 2 is 1.21 bits per heavy atom. The van der Waals surface area contributed by atoms with E-state index in [9.17, 15) is 9.59 Å². The molecule has 0 aromatic heterocycles. The molecule has 1 aliphatic rings. The monoisotopic (exact) mass is 462 g/mol. The van der Waals surface area contributed by atoms with Crippen LogP contribution < -0.4 is 24.8 Å². The second-order valence-electron chi connectivity index (χ2n) is 6.83. The van der Waals surface area contributed by atoms with E-state index < -0.39 is 11.3 Å². The second-order valence-corrected chi connectivity index (χ2v) is 6.83. The van der Waals surface area contributed by atoms with Crippen LogP contribution in [0.4, 0.5) is 0 Å². The number of unbranched alkanes of at least 4 members (excludes halogenated alkanes) is 1. The van der Waals surface area contributed by atoms with E-state index in [1.165, 1.54) is 0 Å². The fourth-order valence-electron chi connectivity index (χ4n) is 3.66. The maximum atomic E-state index is 13.4. The summed E-state index contributed by atoms with van der Waals surface area (Å²) in [6.07, 6.45) is 10.8. The molecule has 2 nitrogen and oxygen atoms in total. The first-order chi connectivity index (χ1) is 12.7. The molecule has 0 spiro atoms. The van der Waals surface area contributed by atoms with Gasteiger partial charge < -0.3 is 24.8 Å². The molecule has 0 unspecified atom stereocenters. The van der Waals surface area contributed by atoms with Gasteiger partial charge in [-0.25, -0.2) is 0 Å². The molecular formula is C24H24Cl2O2Ti. The Labute approximate surface area is 200 Å². The van der Waals surface area contributed by atoms with Gasteiger partial charge in [0.25, 0.3) is 0 Å². The van der Waals surface area contributed by atoms with Crippen molar-refractivity contribution in [3.63, 3.8) is 0 Å². The number of halogens is 2. The van der Waals surface area contributed by atoms with Crippen molar-refractivity contribution in [1.82, 2.24) is 0 Å². The van der Waals surface area contributed by atoms with Crippen molar-refractivity contribution in [2.24, 2.45) is 11.3 Å². The third-order valence-electron chi connectivity index (χ3n) is 5.07. The summed E-state index contributed by atoms with van der Waals surface area (Å²) in [5.74, 6) is -0.952. The van der Waals surface area contributed by atoms with Gasteiger partial charge in [-0.1, -0.05) is 105 Å². The summed E-state index contributed by atoms with van der Waals surface area (Å²) < 4.78 is 0. The van der Waals surface area contributed by atoms with E-state index in [4.69, 9.17) is 0 Å². The normalized spacial score (nSPS) is 13.2. The van der Waals surface area contributed by atoms with Crippen LogP contribution in [0.1, 0.15) is 46.9 Å². The zero-order valence-corrected chi connectivity index (χ0v) is 19.4. The summed E-state index contributed by atoms with van der Waals surface area (Å²) >= 11 is 0. The summed E-state index contributed by atoms with van der Waals surface area (Å²) in [6.45, 7) is 2.13. The molecule has 0 saturated carbocycles. The average molecular weight is 463 g/mol. The minimum absolute atomic E-state index is 0. The molecule has 0 atom stereocenters. The molecule has 2 aromatic carbocycles. The van der Waals surface area contributed by atoms with E-state index in [1.807, 2.05) is 60.7 Å². The maximum absolute atomic E-state index is 13.4. The van der Waals surface area contributed by atoms with Crippen LogP contribution in [0.25, 0.3) is 0 Å². The fraction of sp³-hybridized carbons (Fsp3) is 0.250. The van der Waals surface area contributed by atoms with Gasteiger partial charge in [-0.3, -0.25) is 9.59 Å². The molecule has 0 heterocycles. The average Bonchev–Trinajstić information content (AvgIpc) is 3.17. The SMILES string of the molecule is CCCCC1(C(C(=O)c2ccccc2)C(=O)c2ccccc2)C=CC=C1.[Cl-].[Cl-].[Ti+2]. The molecule has 0 aliphatic heterocycles. The molecule has 0 amide bonds. The first kappa shape index (κ1) is 27.6. The number of carbonyl (C=O) groups is 2. The number of ketones is 2. The van der Waals surface area contributed by atoms with E-state index in [-0.39, 0.29) is 58.1 Å². The molecule has 0 fully saturated rings. The minimum atomic E-state index is -0.742. The molecule has 0 N–H and O–H groups in total. The molecule has 5 heteroatoms. The quantitative estimate of drug-likeness (QED) is 0.306. The van der Waals surface area contributed by atoms with Gasteiger partial charge in [0, 0.05) is 16.5 Å². The van der Waals surface area contributed by atoms with Crippen LogP contribution in [-0.4, -0.2) is 11.6 Å². The van der Waals surface area contributed by atoms with Crippen LogP contribution in [0.2, 0.25) is 0 Å². The van der Waals surface area contributed by atoms with Crippen molar-refractivity contribution in [3.05, 3.63) is 96.1 Å². The second kappa shape index (κ2) is 13.0. The van der Waals surface area contributed by atoms with Gasteiger partial charge in [0.2, 0.25) is 0 Å². The Bertz CT molecular complexity index is 769. The molecule has 29 heavy (non-hydrogen) atoms. The third-order valence-corrected chi connectivity index (χ3v) is 5.07. The number of carbonyl (C=O) groups excluding carboxylic acids is 2. The van der Waals surface area contributed by atoms with Gasteiger partial charge in [-0.15, -0.1) is 0 Å². The summed E-state index contributed by atoms with van der Waals surface area (Å²) in [5.41, 5.74) is 0.633. The van der Waals surface area contributed by atoms with Gasteiger partial charge in [-0.05, 0) is 6.42 Å². The summed E-state index contributed by atoms with van der Waals surface area (Å²) in [4.78, 5) is 26.9. The van der Waals surface area contributed by atoms with E-state index >= 15 is 0 Å². The Kier molecular flexibility index (Phi) is 12.3. The summed E-state index contributed by atoms with van der Waals surface area (Å²) in [7, 11) is 0. The van der Waals surface area contributed by atoms with Crippen molar-refractivity contribution >= 4 is 11.6 Å². The number of hydrogen-bond donors (Lipinski definition) is 0. The zero-order chi connectivity index (χ0) is 18.4. The minimum Gasteiger partial charge on any atom is -1.00 e. The smallest absolute Gasteiger partial charge is 1.00 e. The molecule has 0 saturated heterocycles. The van der Waals surface area contributed by atoms with Gasteiger partial charge in [-0.2, -0.15) is 0 Å². The van der Waals surface area contributed by atoms with Crippen LogP contribution in [0.3, 0.4) is 0 Å². The summed E-state index contributed by atoms with van der Waals surface area (Å²) in [6, 6.07) is 18.3. The van der Waals surface area contributed by atoms with Crippen LogP contribution in [0, 0.1) is 11.3 Å². The molecule has 0 bridgehead atoms. The number of Topliss-reactive ketones (excluding diaryl/α,β-unsaturated/α-hetero) is 2. The Balaban J connectivity index is 0.00000261. The summed E-state index contributed by atoms with van der Waals surface area (Å²) in [5, 5.41) is 0. The molecule has 3 rings (SSSR count).